The first-order valence-electron chi connectivity index (χ1n) is 6.26. The van der Waals surface area contributed by atoms with Gasteiger partial charge in [-0.05, 0) is 37.5 Å². The van der Waals surface area contributed by atoms with Crippen molar-refractivity contribution in [3.63, 3.8) is 0 Å². The summed E-state index contributed by atoms with van der Waals surface area (Å²) in [4.78, 5) is 13.7. The maximum Gasteiger partial charge on any atom is 0.251 e. The van der Waals surface area contributed by atoms with Crippen LogP contribution >= 0.6 is 0 Å². The molecule has 4 heteroatoms. The van der Waals surface area contributed by atoms with Gasteiger partial charge in [-0.25, -0.2) is 0 Å². The first-order chi connectivity index (χ1) is 8.63. The second-order valence-corrected chi connectivity index (χ2v) is 4.64. The third kappa shape index (κ3) is 2.48. The SMILES string of the molecule is COc1cccc(C2CCCN2C(=O)C(C)O)c1. The monoisotopic (exact) mass is 249 g/mol. The van der Waals surface area contributed by atoms with Gasteiger partial charge in [-0.1, -0.05) is 12.1 Å². The van der Waals surface area contributed by atoms with Gasteiger partial charge >= 0.3 is 0 Å². The van der Waals surface area contributed by atoms with Gasteiger partial charge in [0.25, 0.3) is 5.91 Å². The molecule has 0 aromatic heterocycles. The number of methoxy groups -OCH3 is 1. The summed E-state index contributed by atoms with van der Waals surface area (Å²) >= 11 is 0. The summed E-state index contributed by atoms with van der Waals surface area (Å²) in [7, 11) is 1.63. The van der Waals surface area contributed by atoms with Gasteiger partial charge in [0.15, 0.2) is 0 Å². The summed E-state index contributed by atoms with van der Waals surface area (Å²) in [5.41, 5.74) is 1.07. The standard InChI is InChI=1S/C14H19NO3/c1-10(16)14(17)15-8-4-7-13(15)11-5-3-6-12(9-11)18-2/h3,5-6,9-10,13,16H,4,7-8H2,1-2H3. The number of rotatable bonds is 3. The molecule has 1 saturated heterocycles. The zero-order valence-corrected chi connectivity index (χ0v) is 10.8. The van der Waals surface area contributed by atoms with Crippen LogP contribution in [0.4, 0.5) is 0 Å². The van der Waals surface area contributed by atoms with Crippen molar-refractivity contribution in [1.82, 2.24) is 4.90 Å². The maximum atomic E-state index is 11.9. The predicted octanol–water partition coefficient (Wildman–Crippen LogP) is 1.74. The number of carbonyl (C=O) groups is 1. The Bertz CT molecular complexity index is 431. The Balaban J connectivity index is 2.23. The van der Waals surface area contributed by atoms with E-state index in [2.05, 4.69) is 0 Å². The lowest BCUT2D eigenvalue weighted by Gasteiger charge is -2.26. The summed E-state index contributed by atoms with van der Waals surface area (Å²) in [6, 6.07) is 7.83. The highest BCUT2D eigenvalue weighted by molar-refractivity contribution is 5.81. The van der Waals surface area contributed by atoms with Crippen molar-refractivity contribution >= 4 is 5.91 Å². The smallest absolute Gasteiger partial charge is 0.251 e. The second-order valence-electron chi connectivity index (χ2n) is 4.64. The molecular formula is C14H19NO3. The molecule has 1 aliphatic heterocycles. The zero-order valence-electron chi connectivity index (χ0n) is 10.8. The summed E-state index contributed by atoms with van der Waals surface area (Å²) in [6.07, 6.45) is 0.975. The van der Waals surface area contributed by atoms with Crippen LogP contribution in [0.15, 0.2) is 24.3 Å². The Morgan fingerprint density at radius 3 is 3.00 bits per heavy atom. The van der Waals surface area contributed by atoms with Gasteiger partial charge in [0, 0.05) is 6.54 Å². The average Bonchev–Trinajstić information content (AvgIpc) is 2.86. The second kappa shape index (κ2) is 5.40. The van der Waals surface area contributed by atoms with Crippen molar-refractivity contribution in [2.75, 3.05) is 13.7 Å². The van der Waals surface area contributed by atoms with E-state index in [-0.39, 0.29) is 11.9 Å². The van der Waals surface area contributed by atoms with E-state index in [1.807, 2.05) is 24.3 Å². The van der Waals surface area contributed by atoms with E-state index >= 15 is 0 Å². The lowest BCUT2D eigenvalue weighted by molar-refractivity contribution is -0.140. The third-order valence-electron chi connectivity index (χ3n) is 3.37. The van der Waals surface area contributed by atoms with E-state index in [9.17, 15) is 9.90 Å². The summed E-state index contributed by atoms with van der Waals surface area (Å²) in [5.74, 6) is 0.601. The predicted molar refractivity (Wildman–Crippen MR) is 68.4 cm³/mol. The van der Waals surface area contributed by atoms with Gasteiger partial charge in [0.1, 0.15) is 11.9 Å². The van der Waals surface area contributed by atoms with Crippen LogP contribution in [-0.4, -0.2) is 35.7 Å². The number of hydrogen-bond donors (Lipinski definition) is 1. The van der Waals surface area contributed by atoms with E-state index in [0.29, 0.717) is 6.54 Å². The maximum absolute atomic E-state index is 11.9. The van der Waals surface area contributed by atoms with Crippen molar-refractivity contribution in [3.8, 4) is 5.75 Å². The molecule has 0 saturated carbocycles. The van der Waals surface area contributed by atoms with E-state index in [1.165, 1.54) is 6.92 Å². The lowest BCUT2D eigenvalue weighted by atomic mass is 10.0. The molecule has 1 N–H and O–H groups in total. The Labute approximate surface area is 107 Å². The topological polar surface area (TPSA) is 49.8 Å². The average molecular weight is 249 g/mol. The van der Waals surface area contributed by atoms with Crippen LogP contribution in [0.3, 0.4) is 0 Å². The molecule has 2 unspecified atom stereocenters. The quantitative estimate of drug-likeness (QED) is 0.887. The molecule has 2 rings (SSSR count). The van der Waals surface area contributed by atoms with Crippen molar-refractivity contribution in [2.24, 2.45) is 0 Å². The fourth-order valence-corrected chi connectivity index (χ4v) is 2.47. The minimum atomic E-state index is -0.934. The fourth-order valence-electron chi connectivity index (χ4n) is 2.47. The molecule has 1 aromatic rings. The van der Waals surface area contributed by atoms with Crippen molar-refractivity contribution in [2.45, 2.75) is 31.9 Å². The van der Waals surface area contributed by atoms with Gasteiger partial charge in [-0.3, -0.25) is 4.79 Å². The summed E-state index contributed by atoms with van der Waals surface area (Å²) in [5, 5.41) is 9.43. The highest BCUT2D eigenvalue weighted by Gasteiger charge is 2.31. The Morgan fingerprint density at radius 2 is 2.33 bits per heavy atom. The first kappa shape index (κ1) is 12.9. The number of benzene rings is 1. The molecule has 1 aliphatic rings. The highest BCUT2D eigenvalue weighted by Crippen LogP contribution is 2.33. The van der Waals surface area contributed by atoms with Gasteiger partial charge in [0.2, 0.25) is 0 Å². The Hall–Kier alpha value is -1.55. The zero-order chi connectivity index (χ0) is 13.1. The molecule has 4 nitrogen and oxygen atoms in total. The first-order valence-corrected chi connectivity index (χ1v) is 6.26. The molecule has 1 aromatic carbocycles. The molecule has 1 amide bonds. The molecule has 0 bridgehead atoms. The van der Waals surface area contributed by atoms with Crippen LogP contribution in [0.2, 0.25) is 0 Å². The number of amides is 1. The van der Waals surface area contributed by atoms with Crippen LogP contribution < -0.4 is 4.74 Å². The molecule has 18 heavy (non-hydrogen) atoms. The van der Waals surface area contributed by atoms with Gasteiger partial charge in [-0.2, -0.15) is 0 Å². The molecule has 0 radical (unpaired) electrons. The van der Waals surface area contributed by atoms with Crippen LogP contribution in [0, 0.1) is 0 Å². The molecular weight excluding hydrogens is 230 g/mol. The lowest BCUT2D eigenvalue weighted by Crippen LogP contribution is -2.37. The van der Waals surface area contributed by atoms with Gasteiger partial charge in [-0.15, -0.1) is 0 Å². The third-order valence-corrected chi connectivity index (χ3v) is 3.37. The van der Waals surface area contributed by atoms with E-state index in [4.69, 9.17) is 4.74 Å². The molecule has 1 fully saturated rings. The van der Waals surface area contributed by atoms with E-state index in [0.717, 1.165) is 24.2 Å². The van der Waals surface area contributed by atoms with E-state index < -0.39 is 6.10 Å². The Morgan fingerprint density at radius 1 is 1.56 bits per heavy atom. The van der Waals surface area contributed by atoms with Gasteiger partial charge in [0.05, 0.1) is 13.2 Å². The number of carbonyl (C=O) groups excluding carboxylic acids is 1. The van der Waals surface area contributed by atoms with Gasteiger partial charge < -0.3 is 14.7 Å². The van der Waals surface area contributed by atoms with E-state index in [1.54, 1.807) is 12.0 Å². The van der Waals surface area contributed by atoms with Crippen molar-refractivity contribution in [3.05, 3.63) is 29.8 Å². The molecule has 0 spiro atoms. The normalized spacial score (nSPS) is 20.8. The minimum absolute atomic E-state index is 0.0576. The van der Waals surface area contributed by atoms with Crippen LogP contribution in [0.5, 0.6) is 5.75 Å². The number of nitrogens with zero attached hydrogens (tertiary/aromatic N) is 1. The largest absolute Gasteiger partial charge is 0.497 e. The summed E-state index contributed by atoms with van der Waals surface area (Å²) in [6.45, 7) is 2.23. The molecule has 98 valence electrons. The van der Waals surface area contributed by atoms with Crippen LogP contribution in [0.1, 0.15) is 31.4 Å². The number of likely N-dealkylation sites (tertiary alicyclic amines) is 1. The summed E-state index contributed by atoms with van der Waals surface area (Å²) < 4.78 is 5.20. The van der Waals surface area contributed by atoms with Crippen molar-refractivity contribution < 1.29 is 14.6 Å². The minimum Gasteiger partial charge on any atom is -0.497 e. The molecule has 0 aliphatic carbocycles. The number of aliphatic hydroxyl groups is 1. The number of hydrogen-bond acceptors (Lipinski definition) is 3. The van der Waals surface area contributed by atoms with Crippen LogP contribution in [0.25, 0.3) is 0 Å². The number of ether oxygens (including phenoxy) is 1. The molecule has 2 atom stereocenters. The fraction of sp³-hybridized carbons (Fsp3) is 0.500. The van der Waals surface area contributed by atoms with Crippen LogP contribution in [-0.2, 0) is 4.79 Å². The number of aliphatic hydroxyl groups excluding tert-OH is 1. The molecule has 1 heterocycles. The highest BCUT2D eigenvalue weighted by atomic mass is 16.5. The van der Waals surface area contributed by atoms with Crippen molar-refractivity contribution in [1.29, 1.82) is 0 Å². The Kier molecular flexibility index (Phi) is 3.87.